The molecule has 2 heterocycles. The molecule has 0 fully saturated rings. The molecule has 0 atom stereocenters. The number of benzene rings is 2. The molecule has 0 bridgehead atoms. The quantitative estimate of drug-likeness (QED) is 0.522. The highest BCUT2D eigenvalue weighted by atomic mass is 16.5. The van der Waals surface area contributed by atoms with Gasteiger partial charge in [-0.1, -0.05) is 17.6 Å². The van der Waals surface area contributed by atoms with Crippen LogP contribution in [0.4, 0.5) is 11.6 Å². The van der Waals surface area contributed by atoms with E-state index in [-0.39, 0.29) is 5.91 Å². The first-order valence-corrected chi connectivity index (χ1v) is 9.56. The number of carbonyl (C=O) groups excluding carboxylic acids is 1. The topological polar surface area (TPSA) is 72.3 Å². The average Bonchev–Trinajstić information content (AvgIpc) is 3.04. The van der Waals surface area contributed by atoms with Gasteiger partial charge in [0.1, 0.15) is 25.0 Å². The van der Waals surface area contributed by atoms with Gasteiger partial charge >= 0.3 is 0 Å². The van der Waals surface area contributed by atoms with Gasteiger partial charge in [-0.2, -0.15) is 0 Å². The van der Waals surface area contributed by atoms with Gasteiger partial charge in [0.15, 0.2) is 0 Å². The summed E-state index contributed by atoms with van der Waals surface area (Å²) in [6.45, 7) is 0. The largest absolute Gasteiger partial charge is 0.457 e. The first-order valence-electron chi connectivity index (χ1n) is 9.56. The van der Waals surface area contributed by atoms with E-state index in [9.17, 15) is 4.79 Å². The molecule has 0 aliphatic carbocycles. The predicted octanol–water partition coefficient (Wildman–Crippen LogP) is 2.46. The molecule has 4 aromatic rings. The fourth-order valence-electron chi connectivity index (χ4n) is 3.08. The lowest BCUT2D eigenvalue weighted by molar-refractivity contribution is 0.0821. The second kappa shape index (κ2) is 7.90. The first kappa shape index (κ1) is 19.5. The standard InChI is InChI=1S/C22H22BN5O2/c1-27(2)21(29)19-13-17(10-11-24-19)30-16-8-9-20-18(12-16)26-22(28(20)3)25-15-6-4-14(23)5-7-15/h4-13H,23H2,1-3H3,(H,25,26). The van der Waals surface area contributed by atoms with Crippen LogP contribution in [0.25, 0.3) is 11.0 Å². The van der Waals surface area contributed by atoms with E-state index in [2.05, 4.69) is 30.3 Å². The van der Waals surface area contributed by atoms with Gasteiger partial charge in [0.05, 0.1) is 11.0 Å². The van der Waals surface area contributed by atoms with Crippen LogP contribution in [-0.4, -0.2) is 47.3 Å². The number of amides is 1. The lowest BCUT2D eigenvalue weighted by atomic mass is 9.96. The van der Waals surface area contributed by atoms with Crippen molar-refractivity contribution in [3.05, 3.63) is 66.5 Å². The number of aryl methyl sites for hydroxylation is 1. The molecule has 0 spiro atoms. The minimum atomic E-state index is -0.174. The number of fused-ring (bicyclic) bond motifs is 1. The molecule has 2 aromatic heterocycles. The molecular formula is C22H22BN5O2. The number of rotatable bonds is 5. The third kappa shape index (κ3) is 3.98. The van der Waals surface area contributed by atoms with E-state index >= 15 is 0 Å². The van der Waals surface area contributed by atoms with E-state index in [1.54, 1.807) is 32.4 Å². The zero-order chi connectivity index (χ0) is 21.3. The molecule has 4 rings (SSSR count). The summed E-state index contributed by atoms with van der Waals surface area (Å²) in [4.78, 5) is 22.4. The molecule has 1 amide bonds. The smallest absolute Gasteiger partial charge is 0.272 e. The van der Waals surface area contributed by atoms with Gasteiger partial charge in [-0.3, -0.25) is 9.78 Å². The summed E-state index contributed by atoms with van der Waals surface area (Å²) in [5.41, 5.74) is 4.31. The van der Waals surface area contributed by atoms with Crippen LogP contribution in [0, 0.1) is 0 Å². The minimum absolute atomic E-state index is 0.174. The monoisotopic (exact) mass is 399 g/mol. The molecule has 0 unspecified atom stereocenters. The summed E-state index contributed by atoms with van der Waals surface area (Å²) in [5.74, 6) is 1.75. The van der Waals surface area contributed by atoms with Gasteiger partial charge < -0.3 is 19.5 Å². The molecule has 0 saturated heterocycles. The van der Waals surface area contributed by atoms with E-state index in [1.807, 2.05) is 41.9 Å². The van der Waals surface area contributed by atoms with Crippen LogP contribution >= 0.6 is 0 Å². The van der Waals surface area contributed by atoms with Gasteiger partial charge in [-0.25, -0.2) is 4.98 Å². The van der Waals surface area contributed by atoms with Crippen LogP contribution in [0.2, 0.25) is 0 Å². The molecule has 0 aliphatic heterocycles. The van der Waals surface area contributed by atoms with E-state index in [0.717, 1.165) is 22.7 Å². The summed E-state index contributed by atoms with van der Waals surface area (Å²) < 4.78 is 7.96. The third-order valence-electron chi connectivity index (χ3n) is 4.75. The highest BCUT2D eigenvalue weighted by Crippen LogP contribution is 2.28. The van der Waals surface area contributed by atoms with Crippen molar-refractivity contribution >= 4 is 41.9 Å². The molecule has 150 valence electrons. The Morgan fingerprint density at radius 2 is 1.80 bits per heavy atom. The van der Waals surface area contributed by atoms with Crippen molar-refractivity contribution in [1.29, 1.82) is 0 Å². The number of imidazole rings is 1. The van der Waals surface area contributed by atoms with Crippen molar-refractivity contribution in [2.75, 3.05) is 19.4 Å². The molecule has 0 radical (unpaired) electrons. The maximum absolute atomic E-state index is 12.1. The Balaban J connectivity index is 1.59. The van der Waals surface area contributed by atoms with Gasteiger partial charge in [-0.15, -0.1) is 0 Å². The molecule has 7 nitrogen and oxygen atoms in total. The summed E-state index contributed by atoms with van der Waals surface area (Å²) in [7, 11) is 7.40. The van der Waals surface area contributed by atoms with Crippen LogP contribution in [0.5, 0.6) is 11.5 Å². The number of nitrogens with zero attached hydrogens (tertiary/aromatic N) is 4. The number of hydrogen-bond donors (Lipinski definition) is 1. The zero-order valence-electron chi connectivity index (χ0n) is 17.4. The maximum Gasteiger partial charge on any atom is 0.272 e. The number of pyridine rings is 1. The third-order valence-corrected chi connectivity index (χ3v) is 4.75. The van der Waals surface area contributed by atoms with Gasteiger partial charge in [0.25, 0.3) is 5.91 Å². The SMILES string of the molecule is Bc1ccc(Nc2nc3cc(Oc4ccnc(C(=O)N(C)C)c4)ccc3n2C)cc1. The van der Waals surface area contributed by atoms with Crippen molar-refractivity contribution in [3.63, 3.8) is 0 Å². The Bertz CT molecular complexity index is 1220. The van der Waals surface area contributed by atoms with Crippen molar-refractivity contribution in [1.82, 2.24) is 19.4 Å². The van der Waals surface area contributed by atoms with E-state index in [1.165, 1.54) is 10.4 Å². The first-order chi connectivity index (χ1) is 14.4. The Hall–Kier alpha value is -3.81. The van der Waals surface area contributed by atoms with Crippen molar-refractivity contribution in [2.45, 2.75) is 0 Å². The Morgan fingerprint density at radius 3 is 2.53 bits per heavy atom. The van der Waals surface area contributed by atoms with E-state index < -0.39 is 0 Å². The highest BCUT2D eigenvalue weighted by molar-refractivity contribution is 6.32. The Morgan fingerprint density at radius 1 is 1.07 bits per heavy atom. The molecular weight excluding hydrogens is 377 g/mol. The normalized spacial score (nSPS) is 10.8. The van der Waals surface area contributed by atoms with Crippen molar-refractivity contribution in [3.8, 4) is 11.5 Å². The van der Waals surface area contributed by atoms with Crippen molar-refractivity contribution in [2.24, 2.45) is 7.05 Å². The fourth-order valence-corrected chi connectivity index (χ4v) is 3.08. The van der Waals surface area contributed by atoms with Crippen LogP contribution in [0.1, 0.15) is 10.5 Å². The number of anilines is 2. The Labute approximate surface area is 175 Å². The molecule has 0 saturated carbocycles. The highest BCUT2D eigenvalue weighted by Gasteiger charge is 2.12. The predicted molar refractivity (Wildman–Crippen MR) is 121 cm³/mol. The fraction of sp³-hybridized carbons (Fsp3) is 0.136. The number of nitrogens with one attached hydrogen (secondary N) is 1. The van der Waals surface area contributed by atoms with E-state index in [0.29, 0.717) is 17.2 Å². The second-order valence-corrected chi connectivity index (χ2v) is 7.31. The molecule has 8 heteroatoms. The van der Waals surface area contributed by atoms with Crippen LogP contribution in [0.15, 0.2) is 60.8 Å². The van der Waals surface area contributed by atoms with E-state index in [4.69, 9.17) is 9.72 Å². The van der Waals surface area contributed by atoms with Crippen LogP contribution in [-0.2, 0) is 7.05 Å². The minimum Gasteiger partial charge on any atom is -0.457 e. The number of hydrogen-bond acceptors (Lipinski definition) is 5. The zero-order valence-corrected chi connectivity index (χ0v) is 17.4. The Kier molecular flexibility index (Phi) is 5.14. The average molecular weight is 399 g/mol. The maximum atomic E-state index is 12.1. The second-order valence-electron chi connectivity index (χ2n) is 7.31. The summed E-state index contributed by atoms with van der Waals surface area (Å²) in [6.07, 6.45) is 1.56. The molecule has 0 aliphatic rings. The van der Waals surface area contributed by atoms with Crippen LogP contribution in [0.3, 0.4) is 0 Å². The lowest BCUT2D eigenvalue weighted by Gasteiger charge is -2.11. The summed E-state index contributed by atoms with van der Waals surface area (Å²) in [6, 6.07) is 17.2. The molecule has 2 aromatic carbocycles. The number of ether oxygens (including phenoxy) is 1. The summed E-state index contributed by atoms with van der Waals surface area (Å²) >= 11 is 0. The lowest BCUT2D eigenvalue weighted by Crippen LogP contribution is -2.22. The van der Waals surface area contributed by atoms with Crippen LogP contribution < -0.4 is 15.5 Å². The molecule has 30 heavy (non-hydrogen) atoms. The molecule has 1 N–H and O–H groups in total. The van der Waals surface area contributed by atoms with Gasteiger partial charge in [-0.05, 0) is 30.3 Å². The van der Waals surface area contributed by atoms with Crippen molar-refractivity contribution < 1.29 is 9.53 Å². The summed E-state index contributed by atoms with van der Waals surface area (Å²) in [5, 5.41) is 3.35. The van der Waals surface area contributed by atoms with Gasteiger partial charge in [0, 0.05) is 45.2 Å². The van der Waals surface area contributed by atoms with Gasteiger partial charge in [0.2, 0.25) is 5.95 Å². The number of aromatic nitrogens is 3. The number of carbonyl (C=O) groups is 1.